The third-order valence-corrected chi connectivity index (χ3v) is 8.39. The number of fused-ring (bicyclic) bond motifs is 4. The van der Waals surface area contributed by atoms with E-state index < -0.39 is 17.3 Å². The molecular formula is C29H27ClFN5O4S. The minimum atomic E-state index is -0.640. The van der Waals surface area contributed by atoms with E-state index in [4.69, 9.17) is 26.8 Å². The fraction of sp³-hybridized carbons (Fsp3) is 0.276. The van der Waals surface area contributed by atoms with Crippen LogP contribution in [-0.4, -0.2) is 58.6 Å². The lowest BCUT2D eigenvalue weighted by Gasteiger charge is -2.14. The average molecular weight is 596 g/mol. The molecule has 0 bridgehead atoms. The molecule has 1 aliphatic heterocycles. The Bertz CT molecular complexity index is 1880. The number of halogens is 2. The summed E-state index contributed by atoms with van der Waals surface area (Å²) < 4.78 is 33.8. The van der Waals surface area contributed by atoms with Crippen LogP contribution in [-0.2, 0) is 17.7 Å². The summed E-state index contributed by atoms with van der Waals surface area (Å²) in [6.45, 7) is 1.25. The van der Waals surface area contributed by atoms with Crippen molar-refractivity contribution < 1.29 is 18.7 Å². The molecule has 0 unspecified atom stereocenters. The second kappa shape index (κ2) is 10.8. The largest absolute Gasteiger partial charge is 0.492 e. The van der Waals surface area contributed by atoms with Crippen LogP contribution in [0.3, 0.4) is 0 Å². The zero-order valence-electron chi connectivity index (χ0n) is 22.4. The first-order chi connectivity index (χ1) is 19.7. The number of rotatable bonds is 8. The number of nitrogens with one attached hydrogen (secondary N) is 1. The van der Waals surface area contributed by atoms with Gasteiger partial charge in [0, 0.05) is 47.2 Å². The highest BCUT2D eigenvalue weighted by atomic mass is 35.5. The first-order valence-corrected chi connectivity index (χ1v) is 14.2. The predicted molar refractivity (Wildman–Crippen MR) is 159 cm³/mol. The van der Waals surface area contributed by atoms with Crippen molar-refractivity contribution in [2.45, 2.75) is 19.4 Å². The molecule has 0 fully saturated rings. The van der Waals surface area contributed by atoms with Crippen LogP contribution < -0.4 is 16.0 Å². The van der Waals surface area contributed by atoms with Crippen molar-refractivity contribution in [1.82, 2.24) is 18.8 Å². The SMILES string of the molecule is CN(C)CCCOC(=O)c1c(-c2ccc[nH]c2=O)c2c3c(c(F)cc2n1Cc1cc2c(N)nsc2cc1Cl)CCO3. The lowest BCUT2D eigenvalue weighted by molar-refractivity contribution is 0.0483. The normalized spacial score (nSPS) is 12.8. The number of H-pyrrole nitrogens is 1. The number of aromatic amines is 1. The van der Waals surface area contributed by atoms with Gasteiger partial charge in [0.25, 0.3) is 5.56 Å². The molecule has 12 heteroatoms. The summed E-state index contributed by atoms with van der Waals surface area (Å²) in [6, 6.07) is 8.29. The summed E-state index contributed by atoms with van der Waals surface area (Å²) in [6.07, 6.45) is 2.50. The summed E-state index contributed by atoms with van der Waals surface area (Å²) in [5.41, 5.74) is 7.80. The minimum absolute atomic E-state index is 0.0751. The van der Waals surface area contributed by atoms with Crippen LogP contribution in [0.5, 0.6) is 5.75 Å². The number of anilines is 1. The van der Waals surface area contributed by atoms with Crippen LogP contribution in [0.25, 0.3) is 32.1 Å². The standard InChI is InChI=1S/C29H27ClFN5O4S/c1-35(2)8-4-9-40-29(38)25-23(17-5-3-7-33-28(17)37)24-21(13-20(31)16-6-10-39-26(16)24)36(25)14-15-11-18-22(12-19(15)30)41-34-27(18)32/h3,5,7,11-13H,4,6,8-10,14H2,1-2H3,(H2,32,34)(H,33,37). The second-order valence-electron chi connectivity index (χ2n) is 10.2. The molecule has 1 aliphatic rings. The number of nitrogens with two attached hydrogens (primary N) is 1. The molecule has 0 saturated carbocycles. The Hall–Kier alpha value is -3.93. The van der Waals surface area contributed by atoms with Gasteiger partial charge < -0.3 is 29.7 Å². The number of nitrogen functional groups attached to an aromatic ring is 1. The van der Waals surface area contributed by atoms with Crippen LogP contribution in [0.2, 0.25) is 5.02 Å². The number of esters is 1. The van der Waals surface area contributed by atoms with Crippen LogP contribution in [0.15, 0.2) is 41.3 Å². The number of carbonyl (C=O) groups is 1. The van der Waals surface area contributed by atoms with E-state index in [1.165, 1.54) is 23.8 Å². The second-order valence-corrected chi connectivity index (χ2v) is 11.4. The van der Waals surface area contributed by atoms with Crippen molar-refractivity contribution >= 4 is 55.9 Å². The maximum absolute atomic E-state index is 15.5. The lowest BCUT2D eigenvalue weighted by atomic mass is 10.00. The van der Waals surface area contributed by atoms with E-state index in [1.54, 1.807) is 22.8 Å². The monoisotopic (exact) mass is 595 g/mol. The van der Waals surface area contributed by atoms with Gasteiger partial charge in [-0.2, -0.15) is 4.37 Å². The average Bonchev–Trinajstić information content (AvgIpc) is 3.64. The van der Waals surface area contributed by atoms with E-state index in [9.17, 15) is 9.59 Å². The van der Waals surface area contributed by atoms with E-state index in [1.807, 2.05) is 25.1 Å². The third-order valence-electron chi connectivity index (χ3n) is 7.21. The fourth-order valence-electron chi connectivity index (χ4n) is 5.32. The van der Waals surface area contributed by atoms with E-state index in [0.29, 0.717) is 63.6 Å². The maximum atomic E-state index is 15.5. The smallest absolute Gasteiger partial charge is 0.355 e. The number of pyridine rings is 1. The molecule has 4 heterocycles. The summed E-state index contributed by atoms with van der Waals surface area (Å²) in [5.74, 6) is -0.392. The highest BCUT2D eigenvalue weighted by Crippen LogP contribution is 2.45. The van der Waals surface area contributed by atoms with E-state index in [-0.39, 0.29) is 24.4 Å². The molecule has 5 aromatic rings. The van der Waals surface area contributed by atoms with Gasteiger partial charge >= 0.3 is 5.97 Å². The third kappa shape index (κ3) is 4.83. The Kier molecular flexibility index (Phi) is 7.18. The molecule has 212 valence electrons. The molecule has 0 atom stereocenters. The van der Waals surface area contributed by atoms with E-state index in [0.717, 1.165) is 16.6 Å². The van der Waals surface area contributed by atoms with Crippen molar-refractivity contribution in [2.24, 2.45) is 0 Å². The molecule has 0 spiro atoms. The summed E-state index contributed by atoms with van der Waals surface area (Å²) in [4.78, 5) is 31.7. The van der Waals surface area contributed by atoms with Crippen molar-refractivity contribution in [3.63, 3.8) is 0 Å². The summed E-state index contributed by atoms with van der Waals surface area (Å²) >= 11 is 7.94. The van der Waals surface area contributed by atoms with Gasteiger partial charge in [-0.3, -0.25) is 4.79 Å². The molecule has 6 rings (SSSR count). The van der Waals surface area contributed by atoms with Gasteiger partial charge in [0.15, 0.2) is 0 Å². The summed E-state index contributed by atoms with van der Waals surface area (Å²) in [5, 5.41) is 1.64. The predicted octanol–water partition coefficient (Wildman–Crippen LogP) is 5.07. The number of ether oxygens (including phenoxy) is 2. The van der Waals surface area contributed by atoms with Gasteiger partial charge in [-0.15, -0.1) is 0 Å². The molecule has 41 heavy (non-hydrogen) atoms. The van der Waals surface area contributed by atoms with Gasteiger partial charge in [0.1, 0.15) is 23.1 Å². The topological polar surface area (TPSA) is 115 Å². The van der Waals surface area contributed by atoms with Gasteiger partial charge in [-0.25, -0.2) is 9.18 Å². The molecule has 3 aromatic heterocycles. The number of carbonyl (C=O) groups excluding carboxylic acids is 1. The zero-order chi connectivity index (χ0) is 28.8. The Balaban J connectivity index is 1.62. The van der Waals surface area contributed by atoms with E-state index >= 15 is 4.39 Å². The molecule has 0 aliphatic carbocycles. The van der Waals surface area contributed by atoms with Crippen molar-refractivity contribution in [3.8, 4) is 16.9 Å². The van der Waals surface area contributed by atoms with Crippen molar-refractivity contribution in [3.05, 3.63) is 74.5 Å². The lowest BCUT2D eigenvalue weighted by Crippen LogP contribution is -2.19. The Labute approximate surface area is 243 Å². The number of aromatic nitrogens is 3. The van der Waals surface area contributed by atoms with Crippen LogP contribution in [0.4, 0.5) is 10.2 Å². The quantitative estimate of drug-likeness (QED) is 0.190. The molecule has 3 N–H and O–H groups in total. The van der Waals surface area contributed by atoms with E-state index in [2.05, 4.69) is 9.36 Å². The zero-order valence-corrected chi connectivity index (χ0v) is 24.0. The van der Waals surface area contributed by atoms with Crippen molar-refractivity contribution in [1.29, 1.82) is 0 Å². The number of benzene rings is 2. The van der Waals surface area contributed by atoms with Crippen LogP contribution in [0.1, 0.15) is 28.0 Å². The van der Waals surface area contributed by atoms with Crippen molar-refractivity contribution in [2.75, 3.05) is 39.6 Å². The molecular weight excluding hydrogens is 569 g/mol. The van der Waals surface area contributed by atoms with Gasteiger partial charge in [-0.05, 0) is 67.9 Å². The molecule has 0 radical (unpaired) electrons. The van der Waals surface area contributed by atoms with Gasteiger partial charge in [0.05, 0.1) is 34.4 Å². The van der Waals surface area contributed by atoms with Gasteiger partial charge in [0.2, 0.25) is 0 Å². The Morgan fingerprint density at radius 1 is 1.34 bits per heavy atom. The first-order valence-electron chi connectivity index (χ1n) is 13.1. The number of hydrogen-bond acceptors (Lipinski definition) is 8. The molecule has 2 aromatic carbocycles. The highest BCUT2D eigenvalue weighted by Gasteiger charge is 2.33. The first kappa shape index (κ1) is 27.3. The molecule has 0 saturated heterocycles. The Morgan fingerprint density at radius 2 is 2.17 bits per heavy atom. The molecule has 0 amide bonds. The maximum Gasteiger partial charge on any atom is 0.355 e. The Morgan fingerprint density at radius 3 is 2.95 bits per heavy atom. The molecule has 9 nitrogen and oxygen atoms in total. The number of nitrogens with zero attached hydrogens (tertiary/aromatic N) is 3. The summed E-state index contributed by atoms with van der Waals surface area (Å²) in [7, 11) is 3.87. The highest BCUT2D eigenvalue weighted by molar-refractivity contribution is 7.13. The van der Waals surface area contributed by atoms with Crippen LogP contribution >= 0.6 is 23.1 Å². The van der Waals surface area contributed by atoms with Crippen LogP contribution in [0, 0.1) is 5.82 Å². The minimum Gasteiger partial charge on any atom is -0.492 e. The fourth-order valence-corrected chi connectivity index (χ4v) is 6.33. The van der Waals surface area contributed by atoms with Gasteiger partial charge in [-0.1, -0.05) is 11.6 Å². The number of hydrogen-bond donors (Lipinski definition) is 2.